The Morgan fingerprint density at radius 2 is 1.84 bits per heavy atom. The third kappa shape index (κ3) is 3.11. The molecule has 0 amide bonds. The third-order valence-corrected chi connectivity index (χ3v) is 4.99. The Morgan fingerprint density at radius 1 is 1.11 bits per heavy atom. The molecule has 1 heterocycles. The van der Waals surface area contributed by atoms with Crippen LogP contribution in [-0.4, -0.2) is 31.6 Å². The van der Waals surface area contributed by atoms with E-state index in [-0.39, 0.29) is 0 Å². The summed E-state index contributed by atoms with van der Waals surface area (Å²) in [6.45, 7) is 3.89. The highest BCUT2D eigenvalue weighted by Gasteiger charge is 2.44. The number of para-hydroxylation sites is 1. The number of ether oxygens (including phenoxy) is 1. The number of nitrogens with zero attached hydrogens (tertiary/aromatic N) is 1. The predicted octanol–water partition coefficient (Wildman–Crippen LogP) is 3.50. The zero-order chi connectivity index (χ0) is 13.1. The average molecular weight is 259 g/mol. The lowest BCUT2D eigenvalue weighted by atomic mass is 9.93. The summed E-state index contributed by atoms with van der Waals surface area (Å²) in [6, 6.07) is 8.40. The molecule has 0 N–H and O–H groups in total. The molecule has 0 bridgehead atoms. The van der Waals surface area contributed by atoms with Gasteiger partial charge in [-0.05, 0) is 75.2 Å². The van der Waals surface area contributed by atoms with Crippen LogP contribution in [0.4, 0.5) is 0 Å². The molecule has 0 aromatic heterocycles. The number of methoxy groups -OCH3 is 1. The van der Waals surface area contributed by atoms with Crippen molar-refractivity contribution in [1.82, 2.24) is 4.90 Å². The highest BCUT2D eigenvalue weighted by atomic mass is 16.5. The van der Waals surface area contributed by atoms with Gasteiger partial charge in [0.25, 0.3) is 0 Å². The number of likely N-dealkylation sites (tertiary alicyclic amines) is 1. The van der Waals surface area contributed by atoms with Crippen molar-refractivity contribution in [3.8, 4) is 5.75 Å². The molecule has 0 unspecified atom stereocenters. The first kappa shape index (κ1) is 13.0. The Kier molecular flexibility index (Phi) is 3.79. The van der Waals surface area contributed by atoms with Gasteiger partial charge in [0.1, 0.15) is 5.75 Å². The van der Waals surface area contributed by atoms with Gasteiger partial charge in [-0.15, -0.1) is 0 Å². The lowest BCUT2D eigenvalue weighted by Crippen LogP contribution is -2.35. The zero-order valence-corrected chi connectivity index (χ0v) is 12.0. The maximum absolute atomic E-state index is 5.41. The standard InChI is InChI=1S/C17H25NO/c1-19-16-7-3-2-5-15(16)6-4-12-18-13-10-17(8-9-17)11-14-18/h2-3,5,7H,4,6,8-14H2,1H3. The number of rotatable bonds is 5. The zero-order valence-electron chi connectivity index (χ0n) is 12.0. The van der Waals surface area contributed by atoms with Crippen molar-refractivity contribution in [1.29, 1.82) is 0 Å². The summed E-state index contributed by atoms with van der Waals surface area (Å²) in [6.07, 6.45) is 8.27. The number of aryl methyl sites for hydroxylation is 1. The summed E-state index contributed by atoms with van der Waals surface area (Å²) >= 11 is 0. The maximum Gasteiger partial charge on any atom is 0.122 e. The Morgan fingerprint density at radius 3 is 2.53 bits per heavy atom. The largest absolute Gasteiger partial charge is 0.496 e. The van der Waals surface area contributed by atoms with Crippen LogP contribution in [0.15, 0.2) is 24.3 Å². The number of hydrogen-bond acceptors (Lipinski definition) is 2. The number of benzene rings is 1. The smallest absolute Gasteiger partial charge is 0.122 e. The van der Waals surface area contributed by atoms with Crippen LogP contribution >= 0.6 is 0 Å². The second-order valence-corrected chi connectivity index (χ2v) is 6.26. The lowest BCUT2D eigenvalue weighted by molar-refractivity contribution is 0.171. The van der Waals surface area contributed by atoms with E-state index in [1.54, 1.807) is 7.11 Å². The van der Waals surface area contributed by atoms with E-state index in [2.05, 4.69) is 23.1 Å². The van der Waals surface area contributed by atoms with Crippen molar-refractivity contribution >= 4 is 0 Å². The molecular weight excluding hydrogens is 234 g/mol. The fraction of sp³-hybridized carbons (Fsp3) is 0.647. The Bertz CT molecular complexity index is 415. The number of hydrogen-bond donors (Lipinski definition) is 0. The molecule has 0 atom stereocenters. The summed E-state index contributed by atoms with van der Waals surface area (Å²) in [5.41, 5.74) is 2.15. The van der Waals surface area contributed by atoms with Crippen LogP contribution < -0.4 is 4.74 Å². The van der Waals surface area contributed by atoms with Gasteiger partial charge in [-0.2, -0.15) is 0 Å². The van der Waals surface area contributed by atoms with Crippen molar-refractivity contribution in [3.63, 3.8) is 0 Å². The summed E-state index contributed by atoms with van der Waals surface area (Å²) in [5.74, 6) is 1.04. The molecule has 1 spiro atoms. The van der Waals surface area contributed by atoms with Crippen molar-refractivity contribution in [2.75, 3.05) is 26.7 Å². The minimum atomic E-state index is 0.805. The predicted molar refractivity (Wildman–Crippen MR) is 78.7 cm³/mol. The van der Waals surface area contributed by atoms with Gasteiger partial charge >= 0.3 is 0 Å². The van der Waals surface area contributed by atoms with E-state index < -0.39 is 0 Å². The summed E-state index contributed by atoms with van der Waals surface area (Å²) < 4.78 is 5.41. The Hall–Kier alpha value is -1.02. The molecule has 1 saturated carbocycles. The molecule has 2 heteroatoms. The molecular formula is C17H25NO. The third-order valence-electron chi connectivity index (χ3n) is 4.99. The fourth-order valence-electron chi connectivity index (χ4n) is 3.33. The van der Waals surface area contributed by atoms with E-state index in [0.717, 1.165) is 17.6 Å². The molecule has 3 rings (SSSR count). The fourth-order valence-corrected chi connectivity index (χ4v) is 3.33. The van der Waals surface area contributed by atoms with Gasteiger partial charge < -0.3 is 9.64 Å². The Labute approximate surface area is 116 Å². The van der Waals surface area contributed by atoms with E-state index in [1.165, 1.54) is 57.3 Å². The first-order valence-electron chi connectivity index (χ1n) is 7.66. The van der Waals surface area contributed by atoms with Crippen LogP contribution in [0.5, 0.6) is 5.75 Å². The van der Waals surface area contributed by atoms with Gasteiger partial charge in [-0.1, -0.05) is 18.2 Å². The minimum Gasteiger partial charge on any atom is -0.496 e. The first-order chi connectivity index (χ1) is 9.31. The van der Waals surface area contributed by atoms with Gasteiger partial charge in [-0.3, -0.25) is 0 Å². The van der Waals surface area contributed by atoms with Crippen LogP contribution in [0.3, 0.4) is 0 Å². The van der Waals surface area contributed by atoms with Gasteiger partial charge in [-0.25, -0.2) is 0 Å². The summed E-state index contributed by atoms with van der Waals surface area (Å²) in [5, 5.41) is 0. The van der Waals surface area contributed by atoms with E-state index >= 15 is 0 Å². The topological polar surface area (TPSA) is 12.5 Å². The van der Waals surface area contributed by atoms with Gasteiger partial charge in [0.15, 0.2) is 0 Å². The average Bonchev–Trinajstić information content (AvgIpc) is 3.21. The molecule has 1 aliphatic heterocycles. The van der Waals surface area contributed by atoms with Gasteiger partial charge in [0.2, 0.25) is 0 Å². The SMILES string of the molecule is COc1ccccc1CCCN1CCC2(CC1)CC2. The molecule has 19 heavy (non-hydrogen) atoms. The molecule has 104 valence electrons. The summed E-state index contributed by atoms with van der Waals surface area (Å²) in [7, 11) is 1.76. The summed E-state index contributed by atoms with van der Waals surface area (Å²) in [4.78, 5) is 2.65. The van der Waals surface area contributed by atoms with Crippen molar-refractivity contribution < 1.29 is 4.74 Å². The highest BCUT2D eigenvalue weighted by molar-refractivity contribution is 5.33. The monoisotopic (exact) mass is 259 g/mol. The minimum absolute atomic E-state index is 0.805. The van der Waals surface area contributed by atoms with E-state index in [4.69, 9.17) is 4.74 Å². The second-order valence-electron chi connectivity index (χ2n) is 6.26. The molecule has 1 saturated heterocycles. The van der Waals surface area contributed by atoms with Crippen LogP contribution in [0, 0.1) is 5.41 Å². The van der Waals surface area contributed by atoms with Gasteiger partial charge in [0, 0.05) is 0 Å². The van der Waals surface area contributed by atoms with E-state index in [0.29, 0.717) is 0 Å². The van der Waals surface area contributed by atoms with Crippen LogP contribution in [0.25, 0.3) is 0 Å². The second kappa shape index (κ2) is 5.54. The van der Waals surface area contributed by atoms with Crippen LogP contribution in [0.2, 0.25) is 0 Å². The quantitative estimate of drug-likeness (QED) is 0.802. The molecule has 2 aliphatic rings. The molecule has 2 nitrogen and oxygen atoms in total. The highest BCUT2D eigenvalue weighted by Crippen LogP contribution is 2.53. The molecule has 1 aromatic rings. The normalized spacial score (nSPS) is 21.5. The van der Waals surface area contributed by atoms with Crippen LogP contribution in [-0.2, 0) is 6.42 Å². The van der Waals surface area contributed by atoms with E-state index in [1.807, 2.05) is 6.07 Å². The first-order valence-corrected chi connectivity index (χ1v) is 7.66. The van der Waals surface area contributed by atoms with Crippen LogP contribution in [0.1, 0.15) is 37.7 Å². The number of piperidine rings is 1. The lowest BCUT2D eigenvalue weighted by Gasteiger charge is -2.32. The molecule has 2 fully saturated rings. The van der Waals surface area contributed by atoms with Crippen molar-refractivity contribution in [2.45, 2.75) is 38.5 Å². The van der Waals surface area contributed by atoms with Crippen molar-refractivity contribution in [2.24, 2.45) is 5.41 Å². The Balaban J connectivity index is 1.43. The van der Waals surface area contributed by atoms with Gasteiger partial charge in [0.05, 0.1) is 7.11 Å². The maximum atomic E-state index is 5.41. The van der Waals surface area contributed by atoms with E-state index in [9.17, 15) is 0 Å². The molecule has 1 aromatic carbocycles. The van der Waals surface area contributed by atoms with Crippen molar-refractivity contribution in [3.05, 3.63) is 29.8 Å². The molecule has 1 aliphatic carbocycles. The molecule has 0 radical (unpaired) electrons.